The maximum Gasteiger partial charge on any atom is 0.238 e. The number of rotatable bonds is 7. The summed E-state index contributed by atoms with van der Waals surface area (Å²) in [6.07, 6.45) is 4.06. The number of halogens is 1. The van der Waals surface area contributed by atoms with Crippen molar-refractivity contribution in [2.75, 3.05) is 12.8 Å². The number of carbonyl (C=O) groups excluding carboxylic acids is 1. The van der Waals surface area contributed by atoms with Gasteiger partial charge in [-0.2, -0.15) is 11.8 Å². The van der Waals surface area contributed by atoms with Crippen LogP contribution in [0.15, 0.2) is 24.3 Å². The predicted octanol–water partition coefficient (Wildman–Crippen LogP) is 3.21. The Morgan fingerprint density at radius 3 is 2.81 bits per heavy atom. The third-order valence-electron chi connectivity index (χ3n) is 4.50. The van der Waals surface area contributed by atoms with Crippen molar-refractivity contribution >= 4 is 29.3 Å². The second-order valence-corrected chi connectivity index (χ2v) is 7.18. The molecule has 0 radical (unpaired) electrons. The van der Waals surface area contributed by atoms with Crippen LogP contribution in [0.5, 0.6) is 0 Å². The molecule has 2 unspecified atom stereocenters. The predicted molar refractivity (Wildman–Crippen MR) is 90.6 cm³/mol. The summed E-state index contributed by atoms with van der Waals surface area (Å²) in [5.41, 5.74) is 6.42. The molecule has 3 N–H and O–H groups in total. The fourth-order valence-corrected chi connectivity index (χ4v) is 4.39. The van der Waals surface area contributed by atoms with Crippen molar-refractivity contribution < 1.29 is 4.79 Å². The molecule has 1 aliphatic rings. The molecule has 0 spiro atoms. The van der Waals surface area contributed by atoms with Crippen LogP contribution in [0.4, 0.5) is 0 Å². The SMILES string of the molecule is CNC1(C(N)=O)CCCC1CCSCc1ccc(Cl)cc1. The maximum atomic E-state index is 11.8. The Morgan fingerprint density at radius 1 is 1.48 bits per heavy atom. The smallest absolute Gasteiger partial charge is 0.238 e. The van der Waals surface area contributed by atoms with Crippen LogP contribution in [0.1, 0.15) is 31.2 Å². The Kier molecular flexibility index (Phi) is 5.97. The number of amides is 1. The summed E-state index contributed by atoms with van der Waals surface area (Å²) < 4.78 is 0. The first-order chi connectivity index (χ1) is 10.1. The minimum Gasteiger partial charge on any atom is -0.368 e. The summed E-state index contributed by atoms with van der Waals surface area (Å²) in [4.78, 5) is 11.8. The Labute approximate surface area is 136 Å². The first-order valence-electron chi connectivity index (χ1n) is 7.39. The van der Waals surface area contributed by atoms with Crippen LogP contribution in [0.3, 0.4) is 0 Å². The number of nitrogens with one attached hydrogen (secondary N) is 1. The van der Waals surface area contributed by atoms with Crippen LogP contribution in [0, 0.1) is 5.92 Å². The molecule has 1 aromatic carbocycles. The molecule has 21 heavy (non-hydrogen) atoms. The lowest BCUT2D eigenvalue weighted by Crippen LogP contribution is -2.56. The lowest BCUT2D eigenvalue weighted by atomic mass is 9.84. The van der Waals surface area contributed by atoms with Crippen LogP contribution in [-0.4, -0.2) is 24.2 Å². The molecule has 2 atom stereocenters. The Morgan fingerprint density at radius 2 is 2.19 bits per heavy atom. The van der Waals surface area contributed by atoms with Gasteiger partial charge in [-0.05, 0) is 55.7 Å². The lowest BCUT2D eigenvalue weighted by Gasteiger charge is -2.32. The zero-order chi connectivity index (χ0) is 15.3. The Balaban J connectivity index is 1.80. The number of benzene rings is 1. The molecule has 2 rings (SSSR count). The third-order valence-corrected chi connectivity index (χ3v) is 5.81. The van der Waals surface area contributed by atoms with Crippen molar-refractivity contribution in [2.45, 2.75) is 37.0 Å². The average molecular weight is 327 g/mol. The molecule has 0 aromatic heterocycles. The van der Waals surface area contributed by atoms with Crippen molar-refractivity contribution in [3.8, 4) is 0 Å². The van der Waals surface area contributed by atoms with Gasteiger partial charge in [-0.3, -0.25) is 4.79 Å². The van der Waals surface area contributed by atoms with E-state index in [1.54, 1.807) is 0 Å². The Hall–Kier alpha value is -0.710. The van der Waals surface area contributed by atoms with Gasteiger partial charge in [0.2, 0.25) is 5.91 Å². The van der Waals surface area contributed by atoms with E-state index in [1.165, 1.54) is 5.56 Å². The monoisotopic (exact) mass is 326 g/mol. The van der Waals surface area contributed by atoms with E-state index in [2.05, 4.69) is 17.4 Å². The van der Waals surface area contributed by atoms with Gasteiger partial charge in [0.15, 0.2) is 0 Å². The fourth-order valence-electron chi connectivity index (χ4n) is 3.24. The van der Waals surface area contributed by atoms with Crippen LogP contribution in [-0.2, 0) is 10.5 Å². The molecule has 116 valence electrons. The van der Waals surface area contributed by atoms with Gasteiger partial charge in [-0.1, -0.05) is 30.2 Å². The summed E-state index contributed by atoms with van der Waals surface area (Å²) >= 11 is 7.78. The molecule has 0 bridgehead atoms. The summed E-state index contributed by atoms with van der Waals surface area (Å²) in [6, 6.07) is 7.97. The van der Waals surface area contributed by atoms with Crippen molar-refractivity contribution in [3.05, 3.63) is 34.9 Å². The van der Waals surface area contributed by atoms with E-state index in [0.29, 0.717) is 5.92 Å². The van der Waals surface area contributed by atoms with E-state index in [4.69, 9.17) is 17.3 Å². The van der Waals surface area contributed by atoms with Crippen LogP contribution < -0.4 is 11.1 Å². The fraction of sp³-hybridized carbons (Fsp3) is 0.562. The maximum absolute atomic E-state index is 11.8. The summed E-state index contributed by atoms with van der Waals surface area (Å²) in [7, 11) is 1.85. The van der Waals surface area contributed by atoms with Gasteiger partial charge in [-0.25, -0.2) is 0 Å². The molecule has 5 heteroatoms. The van der Waals surface area contributed by atoms with Crippen molar-refractivity contribution in [1.29, 1.82) is 0 Å². The van der Waals surface area contributed by atoms with Gasteiger partial charge < -0.3 is 11.1 Å². The molecule has 1 fully saturated rings. The van der Waals surface area contributed by atoms with E-state index in [1.807, 2.05) is 30.9 Å². The summed E-state index contributed by atoms with van der Waals surface area (Å²) in [5.74, 6) is 2.18. The van der Waals surface area contributed by atoms with Gasteiger partial charge in [-0.15, -0.1) is 0 Å². The summed E-state index contributed by atoms with van der Waals surface area (Å²) in [5, 5.41) is 3.97. The van der Waals surface area contributed by atoms with Crippen LogP contribution in [0.25, 0.3) is 0 Å². The largest absolute Gasteiger partial charge is 0.368 e. The topological polar surface area (TPSA) is 55.1 Å². The molecule has 1 amide bonds. The average Bonchev–Trinajstić information content (AvgIpc) is 2.89. The standard InChI is InChI=1S/C16H23ClN2OS/c1-19-16(15(18)20)9-2-3-13(16)8-10-21-11-12-4-6-14(17)7-5-12/h4-7,13,19H,2-3,8-11H2,1H3,(H2,18,20). The first kappa shape index (κ1) is 16.7. The van der Waals surface area contributed by atoms with Gasteiger partial charge in [0, 0.05) is 10.8 Å². The van der Waals surface area contributed by atoms with Crippen LogP contribution in [0.2, 0.25) is 5.02 Å². The quantitative estimate of drug-likeness (QED) is 0.756. The van der Waals surface area contributed by atoms with E-state index in [0.717, 1.165) is 42.2 Å². The zero-order valence-electron chi connectivity index (χ0n) is 12.4. The van der Waals surface area contributed by atoms with E-state index >= 15 is 0 Å². The van der Waals surface area contributed by atoms with Gasteiger partial charge in [0.05, 0.1) is 0 Å². The van der Waals surface area contributed by atoms with E-state index in [-0.39, 0.29) is 5.91 Å². The molecule has 1 saturated carbocycles. The first-order valence-corrected chi connectivity index (χ1v) is 8.93. The molecular formula is C16H23ClN2OS. The second kappa shape index (κ2) is 7.52. The van der Waals surface area contributed by atoms with Gasteiger partial charge >= 0.3 is 0 Å². The highest BCUT2D eigenvalue weighted by Gasteiger charge is 2.45. The highest BCUT2D eigenvalue weighted by atomic mass is 35.5. The highest BCUT2D eigenvalue weighted by Crippen LogP contribution is 2.38. The van der Waals surface area contributed by atoms with E-state index < -0.39 is 5.54 Å². The van der Waals surface area contributed by atoms with Crippen molar-refractivity contribution in [2.24, 2.45) is 11.7 Å². The molecule has 0 heterocycles. The Bertz CT molecular complexity index is 480. The number of likely N-dealkylation sites (N-methyl/N-ethyl adjacent to an activating group) is 1. The molecule has 1 aromatic rings. The molecule has 0 saturated heterocycles. The van der Waals surface area contributed by atoms with E-state index in [9.17, 15) is 4.79 Å². The number of carbonyl (C=O) groups is 1. The second-order valence-electron chi connectivity index (χ2n) is 5.64. The van der Waals surface area contributed by atoms with Crippen LogP contribution >= 0.6 is 23.4 Å². The number of hydrogen-bond donors (Lipinski definition) is 2. The normalized spacial score (nSPS) is 25.1. The zero-order valence-corrected chi connectivity index (χ0v) is 14.0. The number of thioether (sulfide) groups is 1. The summed E-state index contributed by atoms with van der Waals surface area (Å²) in [6.45, 7) is 0. The number of nitrogens with two attached hydrogens (primary N) is 1. The molecular weight excluding hydrogens is 304 g/mol. The van der Waals surface area contributed by atoms with Gasteiger partial charge in [0.1, 0.15) is 5.54 Å². The minimum absolute atomic E-state index is 0.199. The minimum atomic E-state index is -0.485. The molecule has 0 aliphatic heterocycles. The van der Waals surface area contributed by atoms with Gasteiger partial charge in [0.25, 0.3) is 0 Å². The molecule has 3 nitrogen and oxygen atoms in total. The highest BCUT2D eigenvalue weighted by molar-refractivity contribution is 7.98. The third kappa shape index (κ3) is 3.93. The van der Waals surface area contributed by atoms with Crippen molar-refractivity contribution in [1.82, 2.24) is 5.32 Å². The number of hydrogen-bond acceptors (Lipinski definition) is 3. The molecule has 1 aliphatic carbocycles. The van der Waals surface area contributed by atoms with Crippen molar-refractivity contribution in [3.63, 3.8) is 0 Å². The number of primary amides is 1. The lowest BCUT2D eigenvalue weighted by molar-refractivity contribution is -0.125.